The Hall–Kier alpha value is -4.24. The highest BCUT2D eigenvalue weighted by atomic mass is 19.1. The molecular weight excluding hydrogens is 458 g/mol. The highest BCUT2D eigenvalue weighted by Gasteiger charge is 2.45. The molecule has 6 rings (SSSR count). The molecule has 2 fully saturated rings. The fraction of sp³-hybridized carbons (Fsp3) is 0.292. The molecule has 1 saturated heterocycles. The molecule has 4 heterocycles. The van der Waals surface area contributed by atoms with Crippen LogP contribution >= 0.6 is 0 Å². The molecule has 178 valence electrons. The minimum atomic E-state index is -0.427. The lowest BCUT2D eigenvalue weighted by molar-refractivity contribution is -0.191. The molecule has 1 aromatic carbocycles. The summed E-state index contributed by atoms with van der Waals surface area (Å²) < 4.78 is 35.5. The average Bonchev–Trinajstić information content (AvgIpc) is 3.25. The van der Waals surface area contributed by atoms with E-state index in [1.165, 1.54) is 24.9 Å². The average molecular weight is 478 g/mol. The lowest BCUT2D eigenvalue weighted by Crippen LogP contribution is -2.33. The highest BCUT2D eigenvalue weighted by Crippen LogP contribution is 2.45. The third kappa shape index (κ3) is 4.58. The summed E-state index contributed by atoms with van der Waals surface area (Å²) in [6, 6.07) is 10.4. The molecule has 1 aliphatic carbocycles. The van der Waals surface area contributed by atoms with Crippen molar-refractivity contribution in [1.82, 2.24) is 24.9 Å². The monoisotopic (exact) mass is 478 g/mol. The van der Waals surface area contributed by atoms with Crippen LogP contribution in [0, 0.1) is 17.6 Å². The van der Waals surface area contributed by atoms with Crippen molar-refractivity contribution in [3.63, 3.8) is 0 Å². The number of hydrogen-bond acceptors (Lipinski definition) is 8. The largest absolute Gasteiger partial charge is 0.373 e. The van der Waals surface area contributed by atoms with Gasteiger partial charge in [0, 0.05) is 24.2 Å². The van der Waals surface area contributed by atoms with E-state index in [1.54, 1.807) is 35.0 Å². The molecule has 4 aromatic rings. The van der Waals surface area contributed by atoms with E-state index in [0.717, 1.165) is 19.4 Å². The van der Waals surface area contributed by atoms with Gasteiger partial charge < -0.3 is 9.42 Å². The van der Waals surface area contributed by atoms with Crippen LogP contribution in [0.25, 0.3) is 22.9 Å². The third-order valence-corrected chi connectivity index (χ3v) is 6.24. The van der Waals surface area contributed by atoms with Crippen LogP contribution in [0.3, 0.4) is 0 Å². The molecule has 35 heavy (non-hydrogen) atoms. The number of halogens is 2. The fourth-order valence-electron chi connectivity index (χ4n) is 4.54. The lowest BCUT2D eigenvalue weighted by Gasteiger charge is -2.28. The summed E-state index contributed by atoms with van der Waals surface area (Å²) in [6.45, 7) is 0.985. The number of fused-ring (bicyclic) bond motifs is 1. The van der Waals surface area contributed by atoms with Gasteiger partial charge in [-0.05, 0) is 37.3 Å². The van der Waals surface area contributed by atoms with Gasteiger partial charge in [-0.3, -0.25) is 4.68 Å². The smallest absolute Gasteiger partial charge is 0.364 e. The molecule has 1 saturated carbocycles. The molecule has 0 amide bonds. The van der Waals surface area contributed by atoms with Gasteiger partial charge in [-0.2, -0.15) is 14.7 Å². The van der Waals surface area contributed by atoms with Crippen LogP contribution in [0.1, 0.15) is 24.8 Å². The van der Waals surface area contributed by atoms with Crippen LogP contribution in [0.4, 0.5) is 14.6 Å². The quantitative estimate of drug-likeness (QED) is 0.427. The summed E-state index contributed by atoms with van der Waals surface area (Å²) >= 11 is 0. The molecule has 2 atom stereocenters. The van der Waals surface area contributed by atoms with Gasteiger partial charge in [0.05, 0.1) is 18.4 Å². The minimum Gasteiger partial charge on any atom is -0.364 e. The highest BCUT2D eigenvalue weighted by molar-refractivity contribution is 5.63. The molecular formula is C24H20F2N6O3. The van der Waals surface area contributed by atoms with Crippen LogP contribution in [0.15, 0.2) is 53.4 Å². The van der Waals surface area contributed by atoms with Crippen LogP contribution in [0.2, 0.25) is 0 Å². The van der Waals surface area contributed by atoms with E-state index in [2.05, 4.69) is 25.1 Å². The van der Waals surface area contributed by atoms with Gasteiger partial charge in [0.15, 0.2) is 17.5 Å². The standard InChI is InChI=1S/C23H20F2N6O.CO2/c24-16-6-2-1-4-15(16)13-31-21(18-7-9-32-29-18)11-19(28-31)22-26-12-17(25)23(27-22)30-8-3-5-14-10-20(14)30;2-1-3/h1-2,4,6-7,9,11-12,14,20H,3,5,8,10,13H2;. The van der Waals surface area contributed by atoms with E-state index in [4.69, 9.17) is 14.1 Å². The fourth-order valence-corrected chi connectivity index (χ4v) is 4.54. The topological polar surface area (TPSA) is 107 Å². The van der Waals surface area contributed by atoms with E-state index >= 15 is 0 Å². The first-order chi connectivity index (χ1) is 17.1. The molecule has 0 N–H and O–H groups in total. The van der Waals surface area contributed by atoms with Gasteiger partial charge in [0.25, 0.3) is 0 Å². The van der Waals surface area contributed by atoms with E-state index in [0.29, 0.717) is 46.2 Å². The zero-order chi connectivity index (χ0) is 24.4. The van der Waals surface area contributed by atoms with Crippen LogP contribution in [0.5, 0.6) is 0 Å². The molecule has 0 spiro atoms. The Balaban J connectivity index is 0.000000806. The normalized spacial score (nSPS) is 18.3. The Morgan fingerprint density at radius 3 is 2.71 bits per heavy atom. The van der Waals surface area contributed by atoms with Crippen molar-refractivity contribution in [3.8, 4) is 22.9 Å². The van der Waals surface area contributed by atoms with Gasteiger partial charge >= 0.3 is 6.15 Å². The number of anilines is 1. The summed E-state index contributed by atoms with van der Waals surface area (Å²) in [5.41, 5.74) is 2.14. The molecule has 11 heteroatoms. The maximum Gasteiger partial charge on any atom is 0.373 e. The van der Waals surface area contributed by atoms with Gasteiger partial charge in [0.2, 0.25) is 0 Å². The first-order valence-electron chi connectivity index (χ1n) is 11.1. The summed E-state index contributed by atoms with van der Waals surface area (Å²) in [5.74, 6) is 0.541. The first-order valence-corrected chi connectivity index (χ1v) is 11.1. The number of hydrogen-bond donors (Lipinski definition) is 0. The van der Waals surface area contributed by atoms with Gasteiger partial charge in [-0.15, -0.1) is 0 Å². The van der Waals surface area contributed by atoms with Crippen molar-refractivity contribution < 1.29 is 22.9 Å². The van der Waals surface area contributed by atoms with Crippen molar-refractivity contribution >= 4 is 12.0 Å². The van der Waals surface area contributed by atoms with Crippen LogP contribution in [-0.2, 0) is 16.1 Å². The minimum absolute atomic E-state index is 0.193. The van der Waals surface area contributed by atoms with Gasteiger partial charge in [-0.25, -0.2) is 18.7 Å². The summed E-state index contributed by atoms with van der Waals surface area (Å²) in [5, 5.41) is 8.62. The second-order valence-electron chi connectivity index (χ2n) is 8.40. The van der Waals surface area contributed by atoms with Crippen molar-refractivity contribution in [2.45, 2.75) is 31.8 Å². The third-order valence-electron chi connectivity index (χ3n) is 6.24. The maximum atomic E-state index is 14.6. The Kier molecular flexibility index (Phi) is 6.15. The molecule has 2 aliphatic rings. The Labute approximate surface area is 198 Å². The Bertz CT molecular complexity index is 1370. The zero-order valence-electron chi connectivity index (χ0n) is 18.5. The molecule has 1 aliphatic heterocycles. The maximum absolute atomic E-state index is 14.6. The molecule has 3 aromatic heterocycles. The van der Waals surface area contributed by atoms with Crippen molar-refractivity contribution in [2.24, 2.45) is 5.92 Å². The number of carbonyl (C=O) groups excluding carboxylic acids is 2. The molecule has 0 radical (unpaired) electrons. The second-order valence-corrected chi connectivity index (χ2v) is 8.40. The van der Waals surface area contributed by atoms with E-state index in [9.17, 15) is 8.78 Å². The Morgan fingerprint density at radius 1 is 1.11 bits per heavy atom. The van der Waals surface area contributed by atoms with Crippen molar-refractivity contribution in [2.75, 3.05) is 11.4 Å². The molecule has 9 nitrogen and oxygen atoms in total. The molecule has 0 bridgehead atoms. The first kappa shape index (κ1) is 22.5. The van der Waals surface area contributed by atoms with Gasteiger partial charge in [-0.1, -0.05) is 23.4 Å². The number of piperidine rings is 1. The summed E-state index contributed by atoms with van der Waals surface area (Å²) in [6.07, 6.45) is 6.24. The van der Waals surface area contributed by atoms with E-state index < -0.39 is 5.82 Å². The number of nitrogens with zero attached hydrogens (tertiary/aromatic N) is 6. The SMILES string of the molecule is Fc1ccccc1Cn1nc(-c2ncc(F)c(N3CCCC4CC43)n2)cc1-c1ccon1.O=C=O. The summed E-state index contributed by atoms with van der Waals surface area (Å²) in [4.78, 5) is 27.1. The Morgan fingerprint density at radius 2 is 1.94 bits per heavy atom. The number of rotatable bonds is 5. The number of aromatic nitrogens is 5. The van der Waals surface area contributed by atoms with Crippen molar-refractivity contribution in [3.05, 3.63) is 66.1 Å². The predicted octanol–water partition coefficient (Wildman–Crippen LogP) is 3.73. The zero-order valence-corrected chi connectivity index (χ0v) is 18.5. The van der Waals surface area contributed by atoms with Crippen LogP contribution in [-0.4, -0.2) is 43.6 Å². The van der Waals surface area contributed by atoms with Crippen molar-refractivity contribution in [1.29, 1.82) is 0 Å². The molecule has 2 unspecified atom stereocenters. The summed E-state index contributed by atoms with van der Waals surface area (Å²) in [7, 11) is 0. The predicted molar refractivity (Wildman–Crippen MR) is 118 cm³/mol. The van der Waals surface area contributed by atoms with Gasteiger partial charge in [0.1, 0.15) is 23.5 Å². The van der Waals surface area contributed by atoms with E-state index in [-0.39, 0.29) is 18.5 Å². The second kappa shape index (κ2) is 9.55. The number of benzene rings is 1. The lowest BCUT2D eigenvalue weighted by atomic mass is 10.1. The van der Waals surface area contributed by atoms with Crippen LogP contribution < -0.4 is 4.90 Å². The van der Waals surface area contributed by atoms with E-state index in [1.807, 2.05) is 0 Å².